The van der Waals surface area contributed by atoms with Crippen molar-refractivity contribution in [3.63, 3.8) is 0 Å². The summed E-state index contributed by atoms with van der Waals surface area (Å²) in [6.07, 6.45) is -5.12. The quantitative estimate of drug-likeness (QED) is 0.152. The SMILES string of the molecule is CNNc1cc(-c2cccnc2[C@H](Cc2cc(F)cc(F)c2)NC(=O)Cn2nc(C(F)F)cc2C(F)F)ccc1F. The first kappa shape index (κ1) is 29.5. The molecule has 0 aliphatic rings. The molecule has 1 atom stereocenters. The molecule has 0 bridgehead atoms. The van der Waals surface area contributed by atoms with E-state index in [-0.39, 0.29) is 23.4 Å². The predicted molar refractivity (Wildman–Crippen MR) is 135 cm³/mol. The van der Waals surface area contributed by atoms with Crippen LogP contribution in [-0.4, -0.2) is 27.7 Å². The summed E-state index contributed by atoms with van der Waals surface area (Å²) in [5, 5.41) is 6.01. The molecule has 0 aliphatic heterocycles. The van der Waals surface area contributed by atoms with E-state index in [2.05, 4.69) is 26.3 Å². The van der Waals surface area contributed by atoms with Gasteiger partial charge in [0, 0.05) is 24.9 Å². The minimum Gasteiger partial charge on any atom is -0.346 e. The fraction of sp³-hybridized carbons (Fsp3) is 0.222. The third kappa shape index (κ3) is 7.20. The van der Waals surface area contributed by atoms with Crippen molar-refractivity contribution in [2.24, 2.45) is 0 Å². The molecule has 2 aromatic heterocycles. The molecule has 3 N–H and O–H groups in total. The number of halogens is 7. The van der Waals surface area contributed by atoms with E-state index in [9.17, 15) is 35.5 Å². The van der Waals surface area contributed by atoms with Crippen molar-refractivity contribution >= 4 is 11.6 Å². The van der Waals surface area contributed by atoms with Gasteiger partial charge in [-0.05, 0) is 53.9 Å². The number of pyridine rings is 1. The highest BCUT2D eigenvalue weighted by Gasteiger charge is 2.25. The van der Waals surface area contributed by atoms with Crippen LogP contribution in [0.15, 0.2) is 60.8 Å². The summed E-state index contributed by atoms with van der Waals surface area (Å²) >= 11 is 0. The molecule has 0 saturated heterocycles. The maximum atomic E-state index is 14.3. The number of hydrogen-bond acceptors (Lipinski definition) is 5. The fourth-order valence-electron chi connectivity index (χ4n) is 4.28. The molecule has 0 aliphatic carbocycles. The summed E-state index contributed by atoms with van der Waals surface area (Å²) in [5.74, 6) is -3.22. The van der Waals surface area contributed by atoms with Gasteiger partial charge in [0.05, 0.1) is 17.4 Å². The van der Waals surface area contributed by atoms with E-state index >= 15 is 0 Å². The lowest BCUT2D eigenvalue weighted by atomic mass is 9.95. The van der Waals surface area contributed by atoms with Gasteiger partial charge in [-0.25, -0.2) is 36.2 Å². The van der Waals surface area contributed by atoms with Gasteiger partial charge in [0.1, 0.15) is 35.4 Å². The number of rotatable bonds is 11. The average molecular weight is 581 g/mol. The summed E-state index contributed by atoms with van der Waals surface area (Å²) in [4.78, 5) is 17.4. The van der Waals surface area contributed by atoms with Crippen molar-refractivity contribution in [2.75, 3.05) is 12.5 Å². The minimum absolute atomic E-state index is 0.0978. The Morgan fingerprint density at radius 3 is 2.34 bits per heavy atom. The monoisotopic (exact) mass is 580 g/mol. The van der Waals surface area contributed by atoms with Gasteiger partial charge in [0.15, 0.2) is 0 Å². The van der Waals surface area contributed by atoms with Crippen molar-refractivity contribution in [1.29, 1.82) is 0 Å². The van der Waals surface area contributed by atoms with Crippen molar-refractivity contribution in [3.8, 4) is 11.1 Å². The second-order valence-electron chi connectivity index (χ2n) is 8.86. The lowest BCUT2D eigenvalue weighted by Gasteiger charge is -2.22. The molecule has 0 radical (unpaired) electrons. The first-order chi connectivity index (χ1) is 19.5. The Hall–Kier alpha value is -4.46. The van der Waals surface area contributed by atoms with E-state index < -0.39 is 60.2 Å². The molecule has 0 saturated carbocycles. The van der Waals surface area contributed by atoms with Crippen molar-refractivity contribution in [2.45, 2.75) is 31.9 Å². The number of nitrogens with one attached hydrogen (secondary N) is 3. The Morgan fingerprint density at radius 1 is 0.951 bits per heavy atom. The number of carbonyl (C=O) groups excluding carboxylic acids is 1. The van der Waals surface area contributed by atoms with Gasteiger partial charge >= 0.3 is 0 Å². The zero-order valence-electron chi connectivity index (χ0n) is 21.3. The standard InChI is InChI=1S/C27H23F7N6O/c1-35-38-20-10-15(4-5-19(20)30)18-3-2-6-36-25(18)21(9-14-7-16(28)11-17(29)8-14)37-24(41)13-40-23(27(33)34)12-22(39-40)26(31)32/h2-8,10-12,21,26-27,35,38H,9,13H2,1H3,(H,37,41)/t21-/m0/s1. The largest absolute Gasteiger partial charge is 0.346 e. The lowest BCUT2D eigenvalue weighted by Crippen LogP contribution is -2.34. The van der Waals surface area contributed by atoms with Gasteiger partial charge < -0.3 is 10.7 Å². The summed E-state index contributed by atoms with van der Waals surface area (Å²) in [5.41, 5.74) is 4.77. The van der Waals surface area contributed by atoms with Crippen molar-refractivity contribution in [3.05, 3.63) is 101 Å². The first-order valence-corrected chi connectivity index (χ1v) is 12.1. The summed E-state index contributed by atoms with van der Waals surface area (Å²) in [6, 6.07) is 9.53. The molecule has 0 spiro atoms. The Morgan fingerprint density at radius 2 is 1.68 bits per heavy atom. The number of amides is 1. The second-order valence-corrected chi connectivity index (χ2v) is 8.86. The van der Waals surface area contributed by atoms with Crippen LogP contribution in [0.1, 0.15) is 41.5 Å². The zero-order chi connectivity index (χ0) is 29.7. The summed E-state index contributed by atoms with van der Waals surface area (Å²) in [7, 11) is 1.54. The third-order valence-electron chi connectivity index (χ3n) is 5.97. The average Bonchev–Trinajstić information content (AvgIpc) is 3.33. The smallest absolute Gasteiger partial charge is 0.282 e. The van der Waals surface area contributed by atoms with Gasteiger partial charge in [-0.1, -0.05) is 12.1 Å². The number of carbonyl (C=O) groups is 1. The molecule has 14 heteroatoms. The summed E-state index contributed by atoms with van der Waals surface area (Å²) < 4.78 is 95.8. The fourth-order valence-corrected chi connectivity index (χ4v) is 4.28. The molecular formula is C27H23F7N6O. The molecule has 41 heavy (non-hydrogen) atoms. The zero-order valence-corrected chi connectivity index (χ0v) is 21.3. The maximum absolute atomic E-state index is 14.3. The van der Waals surface area contributed by atoms with Crippen LogP contribution in [0, 0.1) is 17.5 Å². The Kier molecular flexibility index (Phi) is 9.22. The second kappa shape index (κ2) is 12.8. The van der Waals surface area contributed by atoms with Crippen LogP contribution in [0.5, 0.6) is 0 Å². The molecule has 216 valence electrons. The number of nitrogens with zero attached hydrogens (tertiary/aromatic N) is 3. The molecule has 0 unspecified atom stereocenters. The van der Waals surface area contributed by atoms with Crippen LogP contribution in [-0.2, 0) is 17.8 Å². The highest BCUT2D eigenvalue weighted by atomic mass is 19.3. The normalized spacial score (nSPS) is 12.1. The first-order valence-electron chi connectivity index (χ1n) is 12.1. The number of benzene rings is 2. The highest BCUT2D eigenvalue weighted by molar-refractivity contribution is 5.77. The van der Waals surface area contributed by atoms with Crippen LogP contribution in [0.25, 0.3) is 11.1 Å². The lowest BCUT2D eigenvalue weighted by molar-refractivity contribution is -0.122. The Balaban J connectivity index is 1.73. The van der Waals surface area contributed by atoms with Crippen LogP contribution in [0.2, 0.25) is 0 Å². The van der Waals surface area contributed by atoms with E-state index in [0.717, 1.165) is 12.1 Å². The predicted octanol–water partition coefficient (Wildman–Crippen LogP) is 5.88. The van der Waals surface area contributed by atoms with E-state index in [1.54, 1.807) is 12.1 Å². The molecule has 4 rings (SSSR count). The van der Waals surface area contributed by atoms with Crippen LogP contribution < -0.4 is 16.2 Å². The number of anilines is 1. The van der Waals surface area contributed by atoms with Crippen LogP contribution in [0.4, 0.5) is 36.4 Å². The van der Waals surface area contributed by atoms with Gasteiger partial charge in [-0.2, -0.15) is 5.10 Å². The Bertz CT molecular complexity index is 1510. The number of hydrazine groups is 1. The van der Waals surface area contributed by atoms with E-state index in [4.69, 9.17) is 0 Å². The topological polar surface area (TPSA) is 83.9 Å². The number of alkyl halides is 4. The maximum Gasteiger partial charge on any atom is 0.282 e. The number of aromatic nitrogens is 3. The summed E-state index contributed by atoms with van der Waals surface area (Å²) in [6.45, 7) is -0.852. The minimum atomic E-state index is -3.19. The molecular weight excluding hydrogens is 557 g/mol. The van der Waals surface area contributed by atoms with Gasteiger partial charge in [-0.15, -0.1) is 0 Å². The molecule has 2 aromatic carbocycles. The van der Waals surface area contributed by atoms with Crippen LogP contribution >= 0.6 is 0 Å². The van der Waals surface area contributed by atoms with Gasteiger partial charge in [0.2, 0.25) is 5.91 Å². The van der Waals surface area contributed by atoms with Crippen molar-refractivity contribution in [1.82, 2.24) is 25.5 Å². The highest BCUT2D eigenvalue weighted by Crippen LogP contribution is 2.32. The van der Waals surface area contributed by atoms with Crippen LogP contribution in [0.3, 0.4) is 0 Å². The van der Waals surface area contributed by atoms with E-state index in [0.29, 0.717) is 27.9 Å². The van der Waals surface area contributed by atoms with Crippen molar-refractivity contribution < 1.29 is 35.5 Å². The molecule has 2 heterocycles. The van der Waals surface area contributed by atoms with Gasteiger partial charge in [-0.3, -0.25) is 14.5 Å². The molecule has 7 nitrogen and oxygen atoms in total. The Labute approximate surface area is 229 Å². The van der Waals surface area contributed by atoms with E-state index in [1.165, 1.54) is 31.4 Å². The molecule has 1 amide bonds. The molecule has 4 aromatic rings. The van der Waals surface area contributed by atoms with E-state index in [1.807, 2.05) is 0 Å². The van der Waals surface area contributed by atoms with Gasteiger partial charge in [0.25, 0.3) is 12.9 Å². The molecule has 0 fully saturated rings. The number of hydrogen-bond donors (Lipinski definition) is 3. The third-order valence-corrected chi connectivity index (χ3v) is 5.97.